The highest BCUT2D eigenvalue weighted by molar-refractivity contribution is 7.94. The van der Waals surface area contributed by atoms with Gasteiger partial charge in [-0.2, -0.15) is 10.7 Å². The van der Waals surface area contributed by atoms with Crippen LogP contribution in [0.3, 0.4) is 0 Å². The SMILES string of the molecule is CNOOSc1ccc2c(c1)CC[C@H]2N1C(=O)[C@H]2C[C@@H]1CN2C[C@H](NC(=O)OC(C)(C)C)C(=O)N1[C@H](C#N)C[C@@H]2C[C@@H]21. The number of carbonyl (C=O) groups excluding carboxylic acids is 3. The second-order valence-electron chi connectivity index (χ2n) is 12.8. The quantitative estimate of drug-likeness (QED) is 0.189. The van der Waals surface area contributed by atoms with E-state index in [1.165, 1.54) is 5.56 Å². The third kappa shape index (κ3) is 5.58. The molecule has 12 nitrogen and oxygen atoms in total. The van der Waals surface area contributed by atoms with Crippen molar-refractivity contribution in [2.45, 2.75) is 99.6 Å². The van der Waals surface area contributed by atoms with Crippen LogP contribution < -0.4 is 10.8 Å². The third-order valence-corrected chi connectivity index (χ3v) is 9.55. The van der Waals surface area contributed by atoms with E-state index in [0.717, 1.165) is 41.8 Å². The predicted octanol–water partition coefficient (Wildman–Crippen LogP) is 2.45. The second kappa shape index (κ2) is 11.3. The van der Waals surface area contributed by atoms with E-state index < -0.39 is 23.8 Å². The van der Waals surface area contributed by atoms with E-state index >= 15 is 0 Å². The number of hydroxylamine groups is 1. The molecule has 4 fully saturated rings. The fraction of sp³-hybridized carbons (Fsp3) is 0.655. The first-order chi connectivity index (χ1) is 20.1. The summed E-state index contributed by atoms with van der Waals surface area (Å²) >= 11 is 1.13. The number of nitrogens with zero attached hydrogens (tertiary/aromatic N) is 4. The van der Waals surface area contributed by atoms with Crippen molar-refractivity contribution in [3.05, 3.63) is 29.3 Å². The lowest BCUT2D eigenvalue weighted by Gasteiger charge is -2.39. The summed E-state index contributed by atoms with van der Waals surface area (Å²) < 4.78 is 10.5. The van der Waals surface area contributed by atoms with E-state index in [-0.39, 0.29) is 42.5 Å². The summed E-state index contributed by atoms with van der Waals surface area (Å²) in [6.45, 7) is 6.12. The molecule has 0 radical (unpaired) electrons. The van der Waals surface area contributed by atoms with E-state index in [9.17, 15) is 19.6 Å². The van der Waals surface area contributed by atoms with Gasteiger partial charge in [0.1, 0.15) is 17.7 Å². The molecule has 3 amide bonds. The molecule has 5 aliphatic rings. The van der Waals surface area contributed by atoms with Gasteiger partial charge in [0, 0.05) is 37.1 Å². The average Bonchev–Trinajstić information content (AvgIpc) is 3.26. The van der Waals surface area contributed by atoms with Crippen molar-refractivity contribution in [3.63, 3.8) is 0 Å². The predicted molar refractivity (Wildman–Crippen MR) is 151 cm³/mol. The van der Waals surface area contributed by atoms with E-state index in [2.05, 4.69) is 29.0 Å². The Morgan fingerprint density at radius 3 is 2.74 bits per heavy atom. The van der Waals surface area contributed by atoms with Gasteiger partial charge in [0.25, 0.3) is 0 Å². The van der Waals surface area contributed by atoms with Gasteiger partial charge in [-0.25, -0.2) is 4.79 Å². The number of alkyl carbamates (subject to hydrolysis) is 1. The summed E-state index contributed by atoms with van der Waals surface area (Å²) in [4.78, 5) is 51.8. The molecule has 0 unspecified atom stereocenters. The summed E-state index contributed by atoms with van der Waals surface area (Å²) in [5.41, 5.74) is 4.10. The maximum Gasteiger partial charge on any atom is 0.408 e. The lowest BCUT2D eigenvalue weighted by atomic mass is 10.1. The fourth-order valence-electron chi connectivity index (χ4n) is 7.24. The largest absolute Gasteiger partial charge is 0.444 e. The summed E-state index contributed by atoms with van der Waals surface area (Å²) in [6, 6.07) is 6.75. The number of hydrogen-bond acceptors (Lipinski definition) is 10. The second-order valence-corrected chi connectivity index (χ2v) is 13.6. The first kappa shape index (κ1) is 29.2. The van der Waals surface area contributed by atoms with Gasteiger partial charge in [-0.1, -0.05) is 6.07 Å². The molecule has 0 aromatic heterocycles. The molecular weight excluding hydrogens is 560 g/mol. The minimum atomic E-state index is -0.909. The molecule has 1 saturated carbocycles. The number of fused-ring (bicyclic) bond motifs is 4. The van der Waals surface area contributed by atoms with Gasteiger partial charge in [0.15, 0.2) is 0 Å². The minimum absolute atomic E-state index is 0.0169. The lowest BCUT2D eigenvalue weighted by Crippen LogP contribution is -2.59. The van der Waals surface area contributed by atoms with Crippen molar-refractivity contribution in [1.82, 2.24) is 25.5 Å². The summed E-state index contributed by atoms with van der Waals surface area (Å²) in [7, 11) is 1.62. The van der Waals surface area contributed by atoms with Gasteiger partial charge in [0.05, 0.1) is 30.2 Å². The number of aryl methyl sites for hydroxylation is 1. The smallest absolute Gasteiger partial charge is 0.408 e. The molecular formula is C29H38N6O6S. The average molecular weight is 599 g/mol. The van der Waals surface area contributed by atoms with E-state index in [1.54, 1.807) is 32.7 Å². The number of rotatable bonds is 9. The molecule has 3 heterocycles. The van der Waals surface area contributed by atoms with Crippen LogP contribution in [0.4, 0.5) is 4.79 Å². The van der Waals surface area contributed by atoms with Crippen molar-refractivity contribution in [2.24, 2.45) is 5.92 Å². The molecule has 3 saturated heterocycles. The van der Waals surface area contributed by atoms with E-state index in [1.807, 2.05) is 15.9 Å². The number of ether oxygens (including phenoxy) is 1. The molecule has 1 aromatic carbocycles. The molecule has 13 heteroatoms. The molecule has 3 aliphatic heterocycles. The normalized spacial score (nSPS) is 30.2. The standard InChI is InChI=1S/C29H38N6O6S/c1-29(2,3)39-28(38)32-22(26(36)34-18(13-30)9-17-11-24(17)34)15-33-14-19-12-25(33)27(37)35(19)23-8-5-16-10-20(6-7-21(16)23)42-41-40-31-4/h6-7,10,17-19,22-25,31H,5,8-9,11-12,14-15H2,1-4H3,(H,32,38)/t17-,18+,19-,22+,23-,24+,25-/m1/s1. The number of benzene rings is 1. The molecule has 2 aliphatic carbocycles. The zero-order chi connectivity index (χ0) is 29.8. The van der Waals surface area contributed by atoms with Crippen LogP contribution in [0.2, 0.25) is 0 Å². The lowest BCUT2D eigenvalue weighted by molar-refractivity contribution is -0.237. The van der Waals surface area contributed by atoms with Gasteiger partial charge < -0.3 is 19.9 Å². The highest BCUT2D eigenvalue weighted by atomic mass is 32.2. The molecule has 0 spiro atoms. The zero-order valence-electron chi connectivity index (χ0n) is 24.4. The molecule has 226 valence electrons. The Kier molecular flexibility index (Phi) is 7.86. The molecule has 1 aromatic rings. The number of piperazine rings is 1. The maximum atomic E-state index is 13.8. The Balaban J connectivity index is 1.14. The van der Waals surface area contributed by atoms with Crippen molar-refractivity contribution < 1.29 is 28.4 Å². The Morgan fingerprint density at radius 1 is 1.21 bits per heavy atom. The Bertz CT molecular complexity index is 1300. The number of likely N-dealkylation sites (tertiary alicyclic amines) is 3. The molecule has 2 bridgehead atoms. The van der Waals surface area contributed by atoms with Crippen LogP contribution in [0.1, 0.15) is 63.6 Å². The summed E-state index contributed by atoms with van der Waals surface area (Å²) in [5.74, 6) is 0.152. The van der Waals surface area contributed by atoms with Crippen LogP contribution >= 0.6 is 12.0 Å². The van der Waals surface area contributed by atoms with Crippen LogP contribution in [0, 0.1) is 17.2 Å². The first-order valence-electron chi connectivity index (χ1n) is 14.6. The van der Waals surface area contributed by atoms with Crippen LogP contribution in [-0.4, -0.2) is 88.6 Å². The number of hydrogen-bond donors (Lipinski definition) is 2. The molecule has 7 atom stereocenters. The number of amides is 3. The number of nitrogens with one attached hydrogen (secondary N) is 2. The maximum absolute atomic E-state index is 13.8. The Hall–Kier alpha value is -2.89. The molecule has 42 heavy (non-hydrogen) atoms. The van der Waals surface area contributed by atoms with Gasteiger partial charge >= 0.3 is 6.09 Å². The first-order valence-corrected chi connectivity index (χ1v) is 15.4. The van der Waals surface area contributed by atoms with Gasteiger partial charge in [-0.15, -0.1) is 9.32 Å². The van der Waals surface area contributed by atoms with Crippen molar-refractivity contribution in [2.75, 3.05) is 20.1 Å². The van der Waals surface area contributed by atoms with Crippen LogP contribution in [0.25, 0.3) is 0 Å². The summed E-state index contributed by atoms with van der Waals surface area (Å²) in [5, 5.41) is 12.5. The zero-order valence-corrected chi connectivity index (χ0v) is 25.2. The van der Waals surface area contributed by atoms with E-state index in [0.29, 0.717) is 25.3 Å². The summed E-state index contributed by atoms with van der Waals surface area (Å²) in [6.07, 6.45) is 3.32. The van der Waals surface area contributed by atoms with Crippen LogP contribution in [0.5, 0.6) is 0 Å². The monoisotopic (exact) mass is 598 g/mol. The number of carbonyl (C=O) groups is 3. The Labute approximate surface area is 250 Å². The highest BCUT2D eigenvalue weighted by Crippen LogP contribution is 2.48. The van der Waals surface area contributed by atoms with Crippen molar-refractivity contribution in [1.29, 1.82) is 5.26 Å². The van der Waals surface area contributed by atoms with E-state index in [4.69, 9.17) is 14.1 Å². The van der Waals surface area contributed by atoms with Gasteiger partial charge in [-0.3, -0.25) is 14.5 Å². The minimum Gasteiger partial charge on any atom is -0.444 e. The van der Waals surface area contributed by atoms with Crippen molar-refractivity contribution in [3.8, 4) is 6.07 Å². The molecule has 6 rings (SSSR count). The molecule has 2 N–H and O–H groups in total. The van der Waals surface area contributed by atoms with Crippen LogP contribution in [-0.2, 0) is 30.1 Å². The van der Waals surface area contributed by atoms with Gasteiger partial charge in [0.2, 0.25) is 11.8 Å². The number of piperidine rings is 1. The van der Waals surface area contributed by atoms with Crippen molar-refractivity contribution >= 4 is 30.0 Å². The third-order valence-electron chi connectivity index (χ3n) is 8.97. The van der Waals surface area contributed by atoms with Gasteiger partial charge in [-0.05, 0) is 82.1 Å². The fourth-order valence-corrected chi connectivity index (χ4v) is 7.74. The topological polar surface area (TPSA) is 136 Å². The Morgan fingerprint density at radius 2 is 2.02 bits per heavy atom. The highest BCUT2D eigenvalue weighted by Gasteiger charge is 2.57. The number of nitriles is 1. The van der Waals surface area contributed by atoms with Crippen LogP contribution in [0.15, 0.2) is 23.1 Å².